The second-order valence-electron chi connectivity index (χ2n) is 2.86. The highest BCUT2D eigenvalue weighted by atomic mass is 14.9. The van der Waals surface area contributed by atoms with Crippen molar-refractivity contribution in [2.45, 2.75) is 12.5 Å². The highest BCUT2D eigenvalue weighted by molar-refractivity contribution is 5.08. The number of hydrogen-bond acceptors (Lipinski definition) is 2. The van der Waals surface area contributed by atoms with Gasteiger partial charge in [0, 0.05) is 17.9 Å². The Hall–Kier alpha value is -0.800. The summed E-state index contributed by atoms with van der Waals surface area (Å²) >= 11 is 0. The van der Waals surface area contributed by atoms with Gasteiger partial charge in [-0.25, -0.2) is 0 Å². The number of rotatable bonds is 5. The van der Waals surface area contributed by atoms with Crippen LogP contribution < -0.4 is 10.6 Å². The molecule has 3 heteroatoms. The highest BCUT2D eigenvalue weighted by Gasteiger charge is 2.07. The number of aromatic nitrogens is 1. The van der Waals surface area contributed by atoms with E-state index in [1.54, 1.807) is 0 Å². The van der Waals surface area contributed by atoms with Crippen LogP contribution in [-0.2, 0) is 0 Å². The van der Waals surface area contributed by atoms with Crippen LogP contribution in [0.5, 0.6) is 0 Å². The van der Waals surface area contributed by atoms with Crippen LogP contribution in [0.2, 0.25) is 0 Å². The molecule has 0 aliphatic heterocycles. The predicted molar refractivity (Wildman–Crippen MR) is 51.1 cm³/mol. The lowest BCUT2D eigenvalue weighted by Gasteiger charge is -2.13. The van der Waals surface area contributed by atoms with Gasteiger partial charge in [-0.1, -0.05) is 0 Å². The van der Waals surface area contributed by atoms with Gasteiger partial charge in [-0.05, 0) is 39.2 Å². The van der Waals surface area contributed by atoms with Crippen LogP contribution in [0.25, 0.3) is 0 Å². The van der Waals surface area contributed by atoms with E-state index in [4.69, 9.17) is 0 Å². The molecule has 68 valence electrons. The molecule has 0 bridgehead atoms. The SMILES string of the molecule is CNCCC(NC)c1ccc[nH]1. The molecule has 1 aromatic rings. The molecule has 0 spiro atoms. The first-order chi connectivity index (χ1) is 5.88. The minimum atomic E-state index is 0.437. The lowest BCUT2D eigenvalue weighted by Crippen LogP contribution is -2.21. The van der Waals surface area contributed by atoms with E-state index < -0.39 is 0 Å². The van der Waals surface area contributed by atoms with Gasteiger partial charge in [-0.15, -0.1) is 0 Å². The Morgan fingerprint density at radius 2 is 2.33 bits per heavy atom. The Bertz CT molecular complexity index is 194. The van der Waals surface area contributed by atoms with Crippen LogP contribution in [0.4, 0.5) is 0 Å². The Labute approximate surface area is 73.6 Å². The van der Waals surface area contributed by atoms with Crippen LogP contribution in [0.1, 0.15) is 18.2 Å². The first-order valence-corrected chi connectivity index (χ1v) is 4.33. The molecule has 0 saturated heterocycles. The van der Waals surface area contributed by atoms with E-state index in [2.05, 4.69) is 21.7 Å². The molecule has 0 aliphatic rings. The summed E-state index contributed by atoms with van der Waals surface area (Å²) < 4.78 is 0. The molecule has 0 saturated carbocycles. The highest BCUT2D eigenvalue weighted by Crippen LogP contribution is 2.12. The van der Waals surface area contributed by atoms with Gasteiger partial charge < -0.3 is 15.6 Å². The Morgan fingerprint density at radius 1 is 1.50 bits per heavy atom. The average Bonchev–Trinajstić information content (AvgIpc) is 2.59. The van der Waals surface area contributed by atoms with Gasteiger partial charge in [0.05, 0.1) is 0 Å². The third-order valence-corrected chi connectivity index (χ3v) is 2.03. The number of hydrogen-bond donors (Lipinski definition) is 3. The van der Waals surface area contributed by atoms with Crippen LogP contribution in [0, 0.1) is 0 Å². The molecule has 1 rings (SSSR count). The van der Waals surface area contributed by atoms with Gasteiger partial charge in [-0.3, -0.25) is 0 Å². The lowest BCUT2D eigenvalue weighted by atomic mass is 10.1. The molecular weight excluding hydrogens is 150 g/mol. The van der Waals surface area contributed by atoms with Gasteiger partial charge in [0.25, 0.3) is 0 Å². The largest absolute Gasteiger partial charge is 0.364 e. The third-order valence-electron chi connectivity index (χ3n) is 2.03. The molecule has 0 radical (unpaired) electrons. The van der Waals surface area contributed by atoms with Crippen LogP contribution in [-0.4, -0.2) is 25.6 Å². The van der Waals surface area contributed by atoms with Crippen LogP contribution >= 0.6 is 0 Å². The maximum Gasteiger partial charge on any atom is 0.0482 e. The van der Waals surface area contributed by atoms with Crippen LogP contribution in [0.15, 0.2) is 18.3 Å². The summed E-state index contributed by atoms with van der Waals surface area (Å²) in [4.78, 5) is 3.21. The Balaban J connectivity index is 2.45. The minimum absolute atomic E-state index is 0.437. The summed E-state index contributed by atoms with van der Waals surface area (Å²) in [7, 11) is 3.96. The molecule has 1 unspecified atom stereocenters. The number of aromatic amines is 1. The monoisotopic (exact) mass is 167 g/mol. The lowest BCUT2D eigenvalue weighted by molar-refractivity contribution is 0.523. The van der Waals surface area contributed by atoms with E-state index in [0.29, 0.717) is 6.04 Å². The van der Waals surface area contributed by atoms with Crippen molar-refractivity contribution in [3.8, 4) is 0 Å². The summed E-state index contributed by atoms with van der Waals surface area (Å²) in [6.45, 7) is 1.03. The molecule has 1 heterocycles. The van der Waals surface area contributed by atoms with Crippen molar-refractivity contribution in [2.75, 3.05) is 20.6 Å². The van der Waals surface area contributed by atoms with E-state index >= 15 is 0 Å². The van der Waals surface area contributed by atoms with Crippen molar-refractivity contribution >= 4 is 0 Å². The smallest absolute Gasteiger partial charge is 0.0482 e. The topological polar surface area (TPSA) is 39.8 Å². The molecule has 0 aromatic carbocycles. The van der Waals surface area contributed by atoms with Crippen molar-refractivity contribution < 1.29 is 0 Å². The van der Waals surface area contributed by atoms with Crippen molar-refractivity contribution in [2.24, 2.45) is 0 Å². The second kappa shape index (κ2) is 4.95. The van der Waals surface area contributed by atoms with Crippen molar-refractivity contribution in [1.82, 2.24) is 15.6 Å². The zero-order valence-corrected chi connectivity index (χ0v) is 7.72. The molecule has 3 N–H and O–H groups in total. The van der Waals surface area contributed by atoms with Gasteiger partial charge in [0.15, 0.2) is 0 Å². The standard InChI is InChI=1S/C9H17N3/c1-10-7-5-8(11-2)9-4-3-6-12-9/h3-4,6,8,10-12H,5,7H2,1-2H3. The Kier molecular flexibility index (Phi) is 3.84. The fraction of sp³-hybridized carbons (Fsp3) is 0.556. The van der Waals surface area contributed by atoms with Crippen molar-refractivity contribution in [3.05, 3.63) is 24.0 Å². The molecule has 0 fully saturated rings. The molecule has 0 amide bonds. The predicted octanol–water partition coefficient (Wildman–Crippen LogP) is 0.885. The zero-order chi connectivity index (χ0) is 8.81. The molecule has 1 atom stereocenters. The number of nitrogens with one attached hydrogen (secondary N) is 3. The minimum Gasteiger partial charge on any atom is -0.364 e. The van der Waals surface area contributed by atoms with Gasteiger partial charge in [0.1, 0.15) is 0 Å². The van der Waals surface area contributed by atoms with E-state index in [1.165, 1.54) is 5.69 Å². The summed E-state index contributed by atoms with van der Waals surface area (Å²) in [5.74, 6) is 0. The molecule has 12 heavy (non-hydrogen) atoms. The van der Waals surface area contributed by atoms with Gasteiger partial charge in [-0.2, -0.15) is 0 Å². The van der Waals surface area contributed by atoms with E-state index in [1.807, 2.05) is 26.4 Å². The second-order valence-corrected chi connectivity index (χ2v) is 2.86. The van der Waals surface area contributed by atoms with Gasteiger partial charge >= 0.3 is 0 Å². The van der Waals surface area contributed by atoms with E-state index in [0.717, 1.165) is 13.0 Å². The third kappa shape index (κ3) is 2.36. The normalized spacial score (nSPS) is 13.2. The van der Waals surface area contributed by atoms with Crippen molar-refractivity contribution in [3.63, 3.8) is 0 Å². The fourth-order valence-electron chi connectivity index (χ4n) is 1.30. The number of H-pyrrole nitrogens is 1. The molecule has 1 aromatic heterocycles. The summed E-state index contributed by atoms with van der Waals surface area (Å²) in [5, 5.41) is 6.41. The van der Waals surface area contributed by atoms with Gasteiger partial charge in [0.2, 0.25) is 0 Å². The fourth-order valence-corrected chi connectivity index (χ4v) is 1.30. The molecular formula is C9H17N3. The summed E-state index contributed by atoms with van der Waals surface area (Å²) in [6.07, 6.45) is 3.06. The first kappa shape index (κ1) is 9.29. The van der Waals surface area contributed by atoms with E-state index in [-0.39, 0.29) is 0 Å². The summed E-state index contributed by atoms with van der Waals surface area (Å²) in [5.41, 5.74) is 1.26. The quantitative estimate of drug-likeness (QED) is 0.609. The Morgan fingerprint density at radius 3 is 2.83 bits per heavy atom. The molecule has 0 aliphatic carbocycles. The van der Waals surface area contributed by atoms with E-state index in [9.17, 15) is 0 Å². The van der Waals surface area contributed by atoms with Crippen LogP contribution in [0.3, 0.4) is 0 Å². The zero-order valence-electron chi connectivity index (χ0n) is 7.72. The maximum atomic E-state index is 3.27. The maximum absolute atomic E-state index is 3.27. The molecule has 3 nitrogen and oxygen atoms in total. The first-order valence-electron chi connectivity index (χ1n) is 4.33. The summed E-state index contributed by atoms with van der Waals surface area (Å²) in [6, 6.07) is 4.57. The average molecular weight is 167 g/mol. The van der Waals surface area contributed by atoms with Crippen molar-refractivity contribution in [1.29, 1.82) is 0 Å².